The first kappa shape index (κ1) is 13.2. The number of pyridine rings is 1. The van der Waals surface area contributed by atoms with Crippen LogP contribution in [0, 0.1) is 12.7 Å². The van der Waals surface area contributed by atoms with Crippen LogP contribution >= 0.6 is 15.9 Å². The third-order valence-corrected chi connectivity index (χ3v) is 3.36. The van der Waals surface area contributed by atoms with Crippen molar-refractivity contribution in [1.82, 2.24) is 10.3 Å². The molecule has 1 aromatic carbocycles. The molecule has 0 aliphatic rings. The topological polar surface area (TPSA) is 24.9 Å². The fraction of sp³-hybridized carbons (Fsp3) is 0.214. The van der Waals surface area contributed by atoms with Gasteiger partial charge in [0.1, 0.15) is 5.82 Å². The van der Waals surface area contributed by atoms with Gasteiger partial charge in [-0.2, -0.15) is 0 Å². The Morgan fingerprint density at radius 1 is 1.28 bits per heavy atom. The number of aromatic nitrogens is 1. The van der Waals surface area contributed by atoms with Crippen LogP contribution in [-0.2, 0) is 0 Å². The smallest absolute Gasteiger partial charge is 0.123 e. The number of rotatable bonds is 3. The van der Waals surface area contributed by atoms with Gasteiger partial charge in [0, 0.05) is 10.7 Å². The first-order chi connectivity index (χ1) is 8.61. The fourth-order valence-electron chi connectivity index (χ4n) is 1.94. The van der Waals surface area contributed by atoms with E-state index < -0.39 is 0 Å². The van der Waals surface area contributed by atoms with E-state index in [1.54, 1.807) is 18.3 Å². The summed E-state index contributed by atoms with van der Waals surface area (Å²) in [6.07, 6.45) is 1.74. The number of nitrogens with one attached hydrogen (secondary N) is 1. The largest absolute Gasteiger partial charge is 0.308 e. The maximum atomic E-state index is 13.4. The van der Waals surface area contributed by atoms with E-state index in [9.17, 15) is 4.39 Å². The fourth-order valence-corrected chi connectivity index (χ4v) is 2.18. The molecule has 0 saturated heterocycles. The maximum Gasteiger partial charge on any atom is 0.123 e. The molecule has 0 amide bonds. The summed E-state index contributed by atoms with van der Waals surface area (Å²) >= 11 is 3.36. The third kappa shape index (κ3) is 2.76. The van der Waals surface area contributed by atoms with E-state index in [4.69, 9.17) is 0 Å². The van der Waals surface area contributed by atoms with Crippen LogP contribution in [0.15, 0.2) is 41.0 Å². The summed E-state index contributed by atoms with van der Waals surface area (Å²) < 4.78 is 14.3. The van der Waals surface area contributed by atoms with Crippen molar-refractivity contribution in [3.05, 3.63) is 63.6 Å². The summed E-state index contributed by atoms with van der Waals surface area (Å²) in [6.45, 7) is 1.97. The van der Waals surface area contributed by atoms with Crippen LogP contribution in [0.25, 0.3) is 0 Å². The lowest BCUT2D eigenvalue weighted by Gasteiger charge is -2.18. The Balaban J connectivity index is 2.44. The lowest BCUT2D eigenvalue weighted by Crippen LogP contribution is -2.20. The standard InChI is InChI=1S/C14H14BrFN2/c1-9-3-5-11(16)7-12(9)14(17-2)13-6-4-10(15)8-18-13/h3-8,14,17H,1-2H3. The molecular formula is C14H14BrFN2. The zero-order valence-corrected chi connectivity index (χ0v) is 11.8. The summed E-state index contributed by atoms with van der Waals surface area (Å²) in [5.41, 5.74) is 2.82. The molecule has 2 aromatic rings. The van der Waals surface area contributed by atoms with Crippen molar-refractivity contribution < 1.29 is 4.39 Å². The van der Waals surface area contributed by atoms with E-state index in [0.29, 0.717) is 0 Å². The average molecular weight is 309 g/mol. The Labute approximate surface area is 114 Å². The summed E-state index contributed by atoms with van der Waals surface area (Å²) in [5, 5.41) is 3.18. The second-order valence-electron chi connectivity index (χ2n) is 4.12. The summed E-state index contributed by atoms with van der Waals surface area (Å²) in [7, 11) is 1.85. The predicted molar refractivity (Wildman–Crippen MR) is 74.0 cm³/mol. The minimum atomic E-state index is -0.229. The SMILES string of the molecule is CNC(c1ccc(Br)cn1)c1cc(F)ccc1C. The Kier molecular flexibility index (Phi) is 4.09. The molecule has 94 valence electrons. The molecule has 2 nitrogen and oxygen atoms in total. The van der Waals surface area contributed by atoms with Crippen LogP contribution in [0.1, 0.15) is 22.9 Å². The minimum Gasteiger partial charge on any atom is -0.308 e. The molecule has 1 atom stereocenters. The van der Waals surface area contributed by atoms with Gasteiger partial charge in [0.2, 0.25) is 0 Å². The van der Waals surface area contributed by atoms with Crippen molar-refractivity contribution in [3.8, 4) is 0 Å². The van der Waals surface area contributed by atoms with Gasteiger partial charge in [0.05, 0.1) is 11.7 Å². The van der Waals surface area contributed by atoms with E-state index in [-0.39, 0.29) is 11.9 Å². The molecule has 0 bridgehead atoms. The van der Waals surface area contributed by atoms with E-state index in [0.717, 1.165) is 21.3 Å². The van der Waals surface area contributed by atoms with Gasteiger partial charge in [-0.1, -0.05) is 6.07 Å². The van der Waals surface area contributed by atoms with E-state index in [1.807, 2.05) is 26.1 Å². The molecule has 1 aromatic heterocycles. The molecule has 0 saturated carbocycles. The van der Waals surface area contributed by atoms with Gasteiger partial charge in [-0.25, -0.2) is 4.39 Å². The van der Waals surface area contributed by atoms with Crippen LogP contribution in [0.2, 0.25) is 0 Å². The molecule has 1 heterocycles. The summed E-state index contributed by atoms with van der Waals surface area (Å²) in [4.78, 5) is 4.36. The normalized spacial score (nSPS) is 12.4. The quantitative estimate of drug-likeness (QED) is 0.937. The molecule has 0 fully saturated rings. The maximum absolute atomic E-state index is 13.4. The highest BCUT2D eigenvalue weighted by atomic mass is 79.9. The second-order valence-corrected chi connectivity index (χ2v) is 5.04. The van der Waals surface area contributed by atoms with E-state index in [1.165, 1.54) is 6.07 Å². The van der Waals surface area contributed by atoms with Gasteiger partial charge in [0.25, 0.3) is 0 Å². The Morgan fingerprint density at radius 3 is 2.67 bits per heavy atom. The molecular weight excluding hydrogens is 295 g/mol. The van der Waals surface area contributed by atoms with Gasteiger partial charge in [-0.3, -0.25) is 4.98 Å². The Bertz CT molecular complexity index is 540. The monoisotopic (exact) mass is 308 g/mol. The minimum absolute atomic E-state index is 0.103. The van der Waals surface area contributed by atoms with Crippen molar-refractivity contribution in [3.63, 3.8) is 0 Å². The Morgan fingerprint density at radius 2 is 2.06 bits per heavy atom. The molecule has 18 heavy (non-hydrogen) atoms. The van der Waals surface area contributed by atoms with Crippen molar-refractivity contribution in [2.75, 3.05) is 7.05 Å². The molecule has 0 spiro atoms. The average Bonchev–Trinajstić information content (AvgIpc) is 2.37. The first-order valence-electron chi connectivity index (χ1n) is 5.66. The number of aryl methyl sites for hydroxylation is 1. The molecule has 4 heteroatoms. The molecule has 0 aliphatic heterocycles. The highest BCUT2D eigenvalue weighted by Gasteiger charge is 2.16. The van der Waals surface area contributed by atoms with Crippen LogP contribution in [0.3, 0.4) is 0 Å². The van der Waals surface area contributed by atoms with Crippen molar-refractivity contribution in [2.24, 2.45) is 0 Å². The molecule has 0 radical (unpaired) electrons. The van der Waals surface area contributed by atoms with Crippen LogP contribution in [0.5, 0.6) is 0 Å². The lowest BCUT2D eigenvalue weighted by molar-refractivity contribution is 0.612. The second kappa shape index (κ2) is 5.59. The summed E-state index contributed by atoms with van der Waals surface area (Å²) in [6, 6.07) is 8.57. The Hall–Kier alpha value is -1.26. The lowest BCUT2D eigenvalue weighted by atomic mass is 9.98. The van der Waals surface area contributed by atoms with Gasteiger partial charge in [0.15, 0.2) is 0 Å². The van der Waals surface area contributed by atoms with E-state index in [2.05, 4.69) is 26.2 Å². The van der Waals surface area contributed by atoms with Crippen molar-refractivity contribution in [2.45, 2.75) is 13.0 Å². The summed E-state index contributed by atoms with van der Waals surface area (Å²) in [5.74, 6) is -0.229. The molecule has 2 rings (SSSR count). The number of benzene rings is 1. The predicted octanol–water partition coefficient (Wildman–Crippen LogP) is 3.60. The van der Waals surface area contributed by atoms with E-state index >= 15 is 0 Å². The highest BCUT2D eigenvalue weighted by molar-refractivity contribution is 9.10. The number of hydrogen-bond acceptors (Lipinski definition) is 2. The van der Waals surface area contributed by atoms with Crippen molar-refractivity contribution in [1.29, 1.82) is 0 Å². The van der Waals surface area contributed by atoms with Gasteiger partial charge >= 0.3 is 0 Å². The van der Waals surface area contributed by atoms with Crippen molar-refractivity contribution >= 4 is 15.9 Å². The first-order valence-corrected chi connectivity index (χ1v) is 6.46. The van der Waals surface area contributed by atoms with Crippen LogP contribution in [0.4, 0.5) is 4.39 Å². The molecule has 0 aliphatic carbocycles. The third-order valence-electron chi connectivity index (χ3n) is 2.89. The van der Waals surface area contributed by atoms with Crippen LogP contribution < -0.4 is 5.32 Å². The zero-order valence-electron chi connectivity index (χ0n) is 10.2. The van der Waals surface area contributed by atoms with Gasteiger partial charge in [-0.15, -0.1) is 0 Å². The molecule has 1 N–H and O–H groups in total. The molecule has 1 unspecified atom stereocenters. The number of nitrogens with zero attached hydrogens (tertiary/aromatic N) is 1. The van der Waals surface area contributed by atoms with Gasteiger partial charge < -0.3 is 5.32 Å². The highest BCUT2D eigenvalue weighted by Crippen LogP contribution is 2.24. The zero-order chi connectivity index (χ0) is 13.1. The van der Waals surface area contributed by atoms with Crippen LogP contribution in [-0.4, -0.2) is 12.0 Å². The number of halogens is 2. The number of hydrogen-bond donors (Lipinski definition) is 1. The van der Waals surface area contributed by atoms with Gasteiger partial charge in [-0.05, 0) is 65.3 Å².